The molecule has 1 fully saturated rings. The molecule has 0 unspecified atom stereocenters. The summed E-state index contributed by atoms with van der Waals surface area (Å²) in [5.74, 6) is -1.17. The summed E-state index contributed by atoms with van der Waals surface area (Å²) in [7, 11) is 1.75. The molecule has 0 bridgehead atoms. The molecule has 0 radical (unpaired) electrons. The first-order valence-corrected chi connectivity index (χ1v) is 8.58. The molecule has 1 aromatic rings. The van der Waals surface area contributed by atoms with E-state index in [0.717, 1.165) is 57.1 Å². The predicted molar refractivity (Wildman–Crippen MR) is 87.4 cm³/mol. The number of carboxylic acid groups (broad SMARTS) is 1. The number of carbonyl (C=O) groups excluding carboxylic acids is 1. The molecule has 1 amide bonds. The molecule has 1 saturated carbocycles. The van der Waals surface area contributed by atoms with E-state index < -0.39 is 5.97 Å². The van der Waals surface area contributed by atoms with E-state index >= 15 is 0 Å². The van der Waals surface area contributed by atoms with Gasteiger partial charge in [0.15, 0.2) is 0 Å². The van der Waals surface area contributed by atoms with Crippen molar-refractivity contribution in [1.82, 2.24) is 14.7 Å². The predicted octanol–water partition coefficient (Wildman–Crippen LogP) is 2.62. The minimum atomic E-state index is -0.960. The molecule has 1 aromatic heterocycles. The van der Waals surface area contributed by atoms with Gasteiger partial charge in [-0.1, -0.05) is 39.0 Å². The van der Waals surface area contributed by atoms with E-state index in [4.69, 9.17) is 0 Å². The summed E-state index contributed by atoms with van der Waals surface area (Å²) in [5, 5.41) is 13.6. The third kappa shape index (κ3) is 4.56. The van der Waals surface area contributed by atoms with Gasteiger partial charge in [-0.3, -0.25) is 14.3 Å². The summed E-state index contributed by atoms with van der Waals surface area (Å²) in [6, 6.07) is 1.82. The van der Waals surface area contributed by atoms with Crippen molar-refractivity contribution in [2.45, 2.75) is 64.3 Å². The normalized spacial score (nSPS) is 16.1. The summed E-state index contributed by atoms with van der Waals surface area (Å²) >= 11 is 0. The average molecular weight is 321 g/mol. The van der Waals surface area contributed by atoms with Gasteiger partial charge in [-0.2, -0.15) is 5.10 Å². The van der Waals surface area contributed by atoms with E-state index in [9.17, 15) is 14.7 Å². The van der Waals surface area contributed by atoms with Gasteiger partial charge in [0.25, 0.3) is 5.91 Å². The Hall–Kier alpha value is -1.85. The van der Waals surface area contributed by atoms with E-state index in [2.05, 4.69) is 12.0 Å². The second-order valence-corrected chi connectivity index (χ2v) is 6.37. The van der Waals surface area contributed by atoms with Gasteiger partial charge in [-0.25, -0.2) is 0 Å². The maximum atomic E-state index is 12.9. The highest BCUT2D eigenvalue weighted by Gasteiger charge is 2.29. The highest BCUT2D eigenvalue weighted by atomic mass is 16.4. The zero-order valence-corrected chi connectivity index (χ0v) is 14.1. The third-order valence-corrected chi connectivity index (χ3v) is 4.49. The molecular formula is C17H27N3O3. The molecule has 1 heterocycles. The van der Waals surface area contributed by atoms with Gasteiger partial charge < -0.3 is 10.0 Å². The Morgan fingerprint density at radius 2 is 1.96 bits per heavy atom. The molecule has 1 N–H and O–H groups in total. The molecule has 0 spiro atoms. The zero-order valence-electron chi connectivity index (χ0n) is 14.1. The highest BCUT2D eigenvalue weighted by Crippen LogP contribution is 2.23. The average Bonchev–Trinajstić information content (AvgIpc) is 2.72. The quantitative estimate of drug-likeness (QED) is 0.817. The van der Waals surface area contributed by atoms with Crippen LogP contribution in [0.4, 0.5) is 0 Å². The molecule has 1 aliphatic carbocycles. The van der Waals surface area contributed by atoms with Gasteiger partial charge in [0.1, 0.15) is 12.2 Å². The fourth-order valence-electron chi connectivity index (χ4n) is 3.33. The van der Waals surface area contributed by atoms with Crippen molar-refractivity contribution in [2.75, 3.05) is 6.54 Å². The Bertz CT molecular complexity index is 545. The minimum Gasteiger partial charge on any atom is -0.480 e. The van der Waals surface area contributed by atoms with Crippen LogP contribution in [0.25, 0.3) is 0 Å². The lowest BCUT2D eigenvalue weighted by atomic mass is 10.1. The summed E-state index contributed by atoms with van der Waals surface area (Å²) in [5.41, 5.74) is 1.37. The van der Waals surface area contributed by atoms with Crippen LogP contribution >= 0.6 is 0 Å². The summed E-state index contributed by atoms with van der Waals surface area (Å²) in [4.78, 5) is 25.7. The van der Waals surface area contributed by atoms with Gasteiger partial charge in [0, 0.05) is 13.1 Å². The molecule has 2 rings (SSSR count). The van der Waals surface area contributed by atoms with E-state index in [1.807, 2.05) is 0 Å². The number of aromatic nitrogens is 2. The lowest BCUT2D eigenvalue weighted by molar-refractivity contribution is -0.138. The molecular weight excluding hydrogens is 294 g/mol. The second kappa shape index (κ2) is 8.13. The van der Waals surface area contributed by atoms with Crippen molar-refractivity contribution in [3.8, 4) is 0 Å². The van der Waals surface area contributed by atoms with Crippen LogP contribution in [0.2, 0.25) is 0 Å². The van der Waals surface area contributed by atoms with E-state index in [1.165, 1.54) is 0 Å². The van der Waals surface area contributed by atoms with Crippen LogP contribution in [0, 0.1) is 0 Å². The number of hydrogen-bond acceptors (Lipinski definition) is 3. The maximum Gasteiger partial charge on any atom is 0.323 e. The highest BCUT2D eigenvalue weighted by molar-refractivity contribution is 5.94. The van der Waals surface area contributed by atoms with Crippen LogP contribution in [0.3, 0.4) is 0 Å². The smallest absolute Gasteiger partial charge is 0.323 e. The maximum absolute atomic E-state index is 12.9. The Balaban J connectivity index is 2.23. The topological polar surface area (TPSA) is 75.4 Å². The molecule has 23 heavy (non-hydrogen) atoms. The van der Waals surface area contributed by atoms with E-state index in [1.54, 1.807) is 22.7 Å². The van der Waals surface area contributed by atoms with Crippen molar-refractivity contribution in [3.63, 3.8) is 0 Å². The van der Waals surface area contributed by atoms with Crippen LogP contribution in [-0.2, 0) is 18.3 Å². The van der Waals surface area contributed by atoms with Gasteiger partial charge in [0.2, 0.25) is 0 Å². The SMILES string of the molecule is CCCc1cc(C(=O)N(CC(=O)O)C2CCCCCC2)n(C)n1. The molecule has 6 heteroatoms. The first-order valence-electron chi connectivity index (χ1n) is 8.58. The van der Waals surface area contributed by atoms with Crippen LogP contribution in [0.1, 0.15) is 68.1 Å². The minimum absolute atomic E-state index is 0.0191. The van der Waals surface area contributed by atoms with Crippen LogP contribution in [-0.4, -0.2) is 44.3 Å². The van der Waals surface area contributed by atoms with Gasteiger partial charge in [-0.05, 0) is 25.3 Å². The Kier molecular flexibility index (Phi) is 6.19. The van der Waals surface area contributed by atoms with Crippen LogP contribution < -0.4 is 0 Å². The number of rotatable bonds is 6. The fourth-order valence-corrected chi connectivity index (χ4v) is 3.33. The van der Waals surface area contributed by atoms with Gasteiger partial charge in [0.05, 0.1) is 5.69 Å². The fraction of sp³-hybridized carbons (Fsp3) is 0.706. The van der Waals surface area contributed by atoms with Crippen molar-refractivity contribution >= 4 is 11.9 Å². The Morgan fingerprint density at radius 1 is 1.30 bits per heavy atom. The number of hydrogen-bond donors (Lipinski definition) is 1. The number of amides is 1. The molecule has 0 saturated heterocycles. The van der Waals surface area contributed by atoms with Crippen molar-refractivity contribution < 1.29 is 14.7 Å². The first kappa shape index (κ1) is 17.5. The van der Waals surface area contributed by atoms with Crippen molar-refractivity contribution in [2.24, 2.45) is 7.05 Å². The number of carbonyl (C=O) groups is 2. The Morgan fingerprint density at radius 3 is 2.52 bits per heavy atom. The molecule has 1 aliphatic rings. The third-order valence-electron chi connectivity index (χ3n) is 4.49. The summed E-state index contributed by atoms with van der Waals surface area (Å²) in [6.45, 7) is 1.83. The van der Waals surface area contributed by atoms with E-state index in [0.29, 0.717) is 5.69 Å². The largest absolute Gasteiger partial charge is 0.480 e. The lowest BCUT2D eigenvalue weighted by Gasteiger charge is -2.29. The molecule has 6 nitrogen and oxygen atoms in total. The molecule has 0 aromatic carbocycles. The van der Waals surface area contributed by atoms with Crippen LogP contribution in [0.15, 0.2) is 6.07 Å². The summed E-state index contributed by atoms with van der Waals surface area (Å²) < 4.78 is 1.58. The first-order chi connectivity index (χ1) is 11.0. The number of aryl methyl sites for hydroxylation is 2. The van der Waals surface area contributed by atoms with Gasteiger partial charge in [-0.15, -0.1) is 0 Å². The Labute approximate surface area is 137 Å². The molecule has 0 aliphatic heterocycles. The molecule has 0 atom stereocenters. The van der Waals surface area contributed by atoms with Gasteiger partial charge >= 0.3 is 5.97 Å². The lowest BCUT2D eigenvalue weighted by Crippen LogP contribution is -2.44. The van der Waals surface area contributed by atoms with Crippen molar-refractivity contribution in [1.29, 1.82) is 0 Å². The zero-order chi connectivity index (χ0) is 16.8. The van der Waals surface area contributed by atoms with Crippen LogP contribution in [0.5, 0.6) is 0 Å². The number of aliphatic carboxylic acids is 1. The second-order valence-electron chi connectivity index (χ2n) is 6.37. The monoisotopic (exact) mass is 321 g/mol. The number of carboxylic acids is 1. The number of nitrogens with zero attached hydrogens (tertiary/aromatic N) is 3. The van der Waals surface area contributed by atoms with E-state index in [-0.39, 0.29) is 18.5 Å². The molecule has 128 valence electrons. The standard InChI is InChI=1S/C17H27N3O3/c1-3-8-13-11-15(19(2)18-13)17(23)20(12-16(21)22)14-9-6-4-5-7-10-14/h11,14H,3-10,12H2,1-2H3,(H,21,22). The van der Waals surface area contributed by atoms with Crippen molar-refractivity contribution in [3.05, 3.63) is 17.5 Å². The summed E-state index contributed by atoms with van der Waals surface area (Å²) in [6.07, 6.45) is 8.00.